The van der Waals surface area contributed by atoms with Crippen LogP contribution in [-0.2, 0) is 25.6 Å². The molecule has 0 spiro atoms. The van der Waals surface area contributed by atoms with E-state index in [1.54, 1.807) is 0 Å². The highest BCUT2D eigenvalue weighted by atomic mass is 16.8. The van der Waals surface area contributed by atoms with E-state index in [-0.39, 0.29) is 31.3 Å². The largest absolute Gasteiger partial charge is 0.508 e. The minimum Gasteiger partial charge on any atom is -0.429 e. The van der Waals surface area contributed by atoms with Crippen LogP contribution in [0.3, 0.4) is 0 Å². The van der Waals surface area contributed by atoms with Crippen molar-refractivity contribution in [3.63, 3.8) is 0 Å². The lowest BCUT2D eigenvalue weighted by atomic mass is 10.2. The van der Waals surface area contributed by atoms with Gasteiger partial charge in [-0.2, -0.15) is 4.98 Å². The van der Waals surface area contributed by atoms with Crippen molar-refractivity contribution in [2.24, 2.45) is 0 Å². The van der Waals surface area contributed by atoms with Crippen molar-refractivity contribution in [2.75, 3.05) is 18.9 Å². The van der Waals surface area contributed by atoms with Gasteiger partial charge in [-0.15, -0.1) is 0 Å². The molecule has 0 aliphatic carbocycles. The maximum atomic E-state index is 11.8. The summed E-state index contributed by atoms with van der Waals surface area (Å²) in [6.45, 7) is -0.289. The fourth-order valence-electron chi connectivity index (χ4n) is 2.36. The molecule has 2 heterocycles. The Bertz CT molecular complexity index is 914. The van der Waals surface area contributed by atoms with Gasteiger partial charge in [-0.3, -0.25) is 14.7 Å². The number of carbonyl (C=O) groups is 1. The summed E-state index contributed by atoms with van der Waals surface area (Å²) in [7, 11) is 0. The van der Waals surface area contributed by atoms with Gasteiger partial charge in [-0.1, -0.05) is 0 Å². The maximum absolute atomic E-state index is 11.8. The second-order valence-corrected chi connectivity index (χ2v) is 5.67. The van der Waals surface area contributed by atoms with Crippen molar-refractivity contribution in [3.8, 4) is 0 Å². The zero-order chi connectivity index (χ0) is 20.1. The standard InChI is InChI=1S/C16H16N4O8/c17-12-5-6-19(15(21)18-12)13-8-25-14(28-13)9-27-16(22)26-7-10-1-3-11(4-2-10)20(23)24/h1-6,13-14H,7-9H2,(H2,17,18,21)/t13-,14-/m0/s1. The van der Waals surface area contributed by atoms with Crippen molar-refractivity contribution in [1.29, 1.82) is 0 Å². The molecule has 0 amide bonds. The van der Waals surface area contributed by atoms with E-state index in [0.717, 1.165) is 0 Å². The molecule has 0 unspecified atom stereocenters. The van der Waals surface area contributed by atoms with Gasteiger partial charge in [0.25, 0.3) is 5.69 Å². The number of rotatable bonds is 6. The summed E-state index contributed by atoms with van der Waals surface area (Å²) < 4.78 is 21.8. The van der Waals surface area contributed by atoms with Crippen LogP contribution in [0.5, 0.6) is 0 Å². The molecule has 28 heavy (non-hydrogen) atoms. The van der Waals surface area contributed by atoms with Gasteiger partial charge >= 0.3 is 11.8 Å². The van der Waals surface area contributed by atoms with Crippen molar-refractivity contribution in [3.05, 3.63) is 62.7 Å². The Morgan fingerprint density at radius 2 is 2.07 bits per heavy atom. The summed E-state index contributed by atoms with van der Waals surface area (Å²) in [5, 5.41) is 10.6. The van der Waals surface area contributed by atoms with Crippen LogP contribution >= 0.6 is 0 Å². The summed E-state index contributed by atoms with van der Waals surface area (Å²) >= 11 is 0. The molecule has 3 rings (SSSR count). The number of ether oxygens (including phenoxy) is 4. The van der Waals surface area contributed by atoms with Gasteiger partial charge in [0.15, 0.2) is 12.5 Å². The molecule has 2 atom stereocenters. The van der Waals surface area contributed by atoms with E-state index in [1.165, 1.54) is 41.1 Å². The van der Waals surface area contributed by atoms with Gasteiger partial charge < -0.3 is 24.7 Å². The van der Waals surface area contributed by atoms with Crippen LogP contribution in [-0.4, -0.2) is 40.1 Å². The second-order valence-electron chi connectivity index (χ2n) is 5.67. The van der Waals surface area contributed by atoms with Gasteiger partial charge in [-0.25, -0.2) is 9.59 Å². The van der Waals surface area contributed by atoms with Crippen LogP contribution in [0.4, 0.5) is 16.3 Å². The Morgan fingerprint density at radius 1 is 1.32 bits per heavy atom. The van der Waals surface area contributed by atoms with Crippen molar-refractivity contribution >= 4 is 17.7 Å². The normalized spacial score (nSPS) is 18.6. The first kappa shape index (κ1) is 19.3. The number of nitrogens with two attached hydrogens (primary N) is 1. The van der Waals surface area contributed by atoms with Gasteiger partial charge in [0.05, 0.1) is 11.5 Å². The Morgan fingerprint density at radius 3 is 2.75 bits per heavy atom. The number of aromatic nitrogens is 2. The average Bonchev–Trinajstić information content (AvgIpc) is 3.13. The number of nitrogen functional groups attached to an aromatic ring is 1. The summed E-state index contributed by atoms with van der Waals surface area (Å²) in [4.78, 5) is 37.1. The van der Waals surface area contributed by atoms with E-state index in [2.05, 4.69) is 4.98 Å². The number of hydrogen-bond acceptors (Lipinski definition) is 10. The predicted molar refractivity (Wildman–Crippen MR) is 92.0 cm³/mol. The molecule has 1 aliphatic rings. The van der Waals surface area contributed by atoms with E-state index < -0.39 is 29.3 Å². The zero-order valence-electron chi connectivity index (χ0n) is 14.4. The molecular formula is C16H16N4O8. The molecule has 0 bridgehead atoms. The monoisotopic (exact) mass is 392 g/mol. The van der Waals surface area contributed by atoms with Crippen molar-refractivity contribution in [2.45, 2.75) is 19.1 Å². The summed E-state index contributed by atoms with van der Waals surface area (Å²) in [5.41, 5.74) is 5.34. The number of anilines is 1. The molecule has 1 saturated heterocycles. The molecule has 1 aromatic heterocycles. The van der Waals surface area contributed by atoms with E-state index in [4.69, 9.17) is 24.7 Å². The fraction of sp³-hybridized carbons (Fsp3) is 0.312. The SMILES string of the molecule is Nc1ccn([C@@H]2CO[C@H](COC(=O)OCc3ccc([N+](=O)[O-])cc3)O2)c(=O)n1. The Kier molecular flexibility index (Phi) is 5.81. The Labute approximate surface area is 157 Å². The highest BCUT2D eigenvalue weighted by Gasteiger charge is 2.29. The van der Waals surface area contributed by atoms with E-state index in [1.807, 2.05) is 0 Å². The van der Waals surface area contributed by atoms with Gasteiger partial charge in [0.1, 0.15) is 19.0 Å². The highest BCUT2D eigenvalue weighted by molar-refractivity contribution is 5.59. The summed E-state index contributed by atoms with van der Waals surface area (Å²) in [6.07, 6.45) is -1.12. The van der Waals surface area contributed by atoms with E-state index >= 15 is 0 Å². The minimum atomic E-state index is -0.958. The van der Waals surface area contributed by atoms with Crippen LogP contribution in [0.2, 0.25) is 0 Å². The van der Waals surface area contributed by atoms with Crippen molar-refractivity contribution < 1.29 is 28.7 Å². The Balaban J connectivity index is 1.42. The fourth-order valence-corrected chi connectivity index (χ4v) is 2.36. The molecule has 1 fully saturated rings. The topological polar surface area (TPSA) is 158 Å². The van der Waals surface area contributed by atoms with Crippen LogP contribution in [0.15, 0.2) is 41.3 Å². The summed E-state index contributed by atoms with van der Waals surface area (Å²) in [5.74, 6) is 0.0933. The average molecular weight is 392 g/mol. The molecule has 0 radical (unpaired) electrons. The lowest BCUT2D eigenvalue weighted by molar-refractivity contribution is -0.384. The van der Waals surface area contributed by atoms with Crippen LogP contribution in [0.1, 0.15) is 11.8 Å². The molecule has 0 saturated carbocycles. The number of nitro groups is 1. The number of non-ortho nitro benzene ring substituents is 1. The van der Waals surface area contributed by atoms with Crippen LogP contribution in [0.25, 0.3) is 0 Å². The molecule has 1 aliphatic heterocycles. The minimum absolute atomic E-state index is 0.0631. The number of hydrogen-bond donors (Lipinski definition) is 1. The molecular weight excluding hydrogens is 376 g/mol. The number of nitro benzene ring substituents is 1. The van der Waals surface area contributed by atoms with Crippen LogP contribution in [0, 0.1) is 10.1 Å². The smallest absolute Gasteiger partial charge is 0.429 e. The Hall–Kier alpha value is -3.51. The molecule has 2 N–H and O–H groups in total. The molecule has 2 aromatic rings. The number of carbonyl (C=O) groups excluding carboxylic acids is 1. The van der Waals surface area contributed by atoms with Crippen molar-refractivity contribution in [1.82, 2.24) is 9.55 Å². The molecule has 12 heteroatoms. The first-order valence-electron chi connectivity index (χ1n) is 8.07. The molecule has 1 aromatic carbocycles. The van der Waals surface area contributed by atoms with E-state index in [0.29, 0.717) is 5.56 Å². The second kappa shape index (κ2) is 8.45. The predicted octanol–water partition coefficient (Wildman–Crippen LogP) is 0.959. The van der Waals surface area contributed by atoms with Crippen LogP contribution < -0.4 is 11.4 Å². The summed E-state index contributed by atoms with van der Waals surface area (Å²) in [6, 6.07) is 7.00. The third kappa shape index (κ3) is 4.81. The first-order chi connectivity index (χ1) is 13.4. The number of nitrogens with zero attached hydrogens (tertiary/aromatic N) is 3. The molecule has 148 valence electrons. The first-order valence-corrected chi connectivity index (χ1v) is 8.07. The maximum Gasteiger partial charge on any atom is 0.508 e. The van der Waals surface area contributed by atoms with E-state index in [9.17, 15) is 19.7 Å². The highest BCUT2D eigenvalue weighted by Crippen LogP contribution is 2.20. The van der Waals surface area contributed by atoms with Gasteiger partial charge in [0, 0.05) is 18.3 Å². The van der Waals surface area contributed by atoms with Gasteiger partial charge in [0.2, 0.25) is 0 Å². The third-order valence-corrected chi connectivity index (χ3v) is 3.74. The van der Waals surface area contributed by atoms with Gasteiger partial charge in [-0.05, 0) is 23.8 Å². The quantitative estimate of drug-likeness (QED) is 0.426. The lowest BCUT2D eigenvalue weighted by Crippen LogP contribution is -2.29. The molecule has 12 nitrogen and oxygen atoms in total. The lowest BCUT2D eigenvalue weighted by Gasteiger charge is -2.13. The third-order valence-electron chi connectivity index (χ3n) is 3.74. The zero-order valence-corrected chi connectivity index (χ0v) is 14.4. The number of benzene rings is 1.